The van der Waals surface area contributed by atoms with Crippen molar-refractivity contribution in [3.63, 3.8) is 0 Å². The summed E-state index contributed by atoms with van der Waals surface area (Å²) in [7, 11) is 0. The normalized spacial score (nSPS) is 15.8. The molecule has 0 aromatic heterocycles. The van der Waals surface area contributed by atoms with Crippen LogP contribution in [-0.2, 0) is 4.79 Å². The lowest BCUT2D eigenvalue weighted by Gasteiger charge is -1.80. The number of hydrogen-bond donors (Lipinski definition) is 2. The summed E-state index contributed by atoms with van der Waals surface area (Å²) in [5.74, 6) is -1.03. The molecule has 0 amide bonds. The van der Waals surface area contributed by atoms with Crippen LogP contribution < -0.4 is 5.73 Å². The number of carboxylic acid groups (broad SMARTS) is 1. The SMILES string of the molecule is [2H]C(N)CC(=O)O. The molecule has 0 aliphatic heterocycles. The van der Waals surface area contributed by atoms with E-state index >= 15 is 0 Å². The zero-order chi connectivity index (χ0) is 5.86. The highest BCUT2D eigenvalue weighted by molar-refractivity contribution is 5.66. The summed E-state index contributed by atoms with van der Waals surface area (Å²) in [5, 5.41) is 7.88. The Morgan fingerprint density at radius 2 is 2.67 bits per heavy atom. The van der Waals surface area contributed by atoms with Crippen molar-refractivity contribution >= 4 is 5.97 Å². The lowest BCUT2D eigenvalue weighted by atomic mass is 10.5. The summed E-state index contributed by atoms with van der Waals surface area (Å²) in [5.41, 5.74) is 4.78. The van der Waals surface area contributed by atoms with Crippen LogP contribution in [0, 0.1) is 0 Å². The molecule has 3 heteroatoms. The zero-order valence-electron chi connectivity index (χ0n) is 4.22. The second-order valence-electron chi connectivity index (χ2n) is 0.834. The maximum atomic E-state index is 9.61. The fourth-order valence-electron chi connectivity index (χ4n) is 0.101. The first-order chi connectivity index (χ1) is 3.13. The molecule has 6 heavy (non-hydrogen) atoms. The van der Waals surface area contributed by atoms with Gasteiger partial charge in [0, 0.05) is 7.89 Å². The van der Waals surface area contributed by atoms with Crippen molar-refractivity contribution in [3.8, 4) is 0 Å². The summed E-state index contributed by atoms with van der Waals surface area (Å²) in [4.78, 5) is 9.61. The third-order valence-electron chi connectivity index (χ3n) is 0.292. The minimum absolute atomic E-state index is 0.278. The molecule has 0 fully saturated rings. The van der Waals surface area contributed by atoms with Crippen LogP contribution in [-0.4, -0.2) is 17.6 Å². The van der Waals surface area contributed by atoms with Crippen LogP contribution in [0.2, 0.25) is 0 Å². The van der Waals surface area contributed by atoms with E-state index in [1.54, 1.807) is 0 Å². The van der Waals surface area contributed by atoms with Crippen LogP contribution in [0.15, 0.2) is 0 Å². The number of carbonyl (C=O) groups is 1. The standard InChI is InChI=1S/C3H7NO2/c4-2-1-3(5)6/h1-2,4H2,(H,5,6)/i2D. The third-order valence-corrected chi connectivity index (χ3v) is 0.292. The second-order valence-corrected chi connectivity index (χ2v) is 0.834. The fourth-order valence-corrected chi connectivity index (χ4v) is 0.101. The lowest BCUT2D eigenvalue weighted by molar-refractivity contribution is -0.136. The molecule has 0 aliphatic rings. The van der Waals surface area contributed by atoms with Gasteiger partial charge in [0.15, 0.2) is 0 Å². The van der Waals surface area contributed by atoms with Crippen LogP contribution in [0.3, 0.4) is 0 Å². The van der Waals surface area contributed by atoms with Crippen molar-refractivity contribution in [3.05, 3.63) is 0 Å². The average molecular weight is 90.1 g/mol. The molecule has 0 rings (SSSR count). The van der Waals surface area contributed by atoms with Crippen LogP contribution >= 0.6 is 0 Å². The molecular weight excluding hydrogens is 82.0 g/mol. The molecule has 1 atom stereocenters. The van der Waals surface area contributed by atoms with Crippen molar-refractivity contribution in [2.75, 3.05) is 6.52 Å². The second kappa shape index (κ2) is 2.66. The number of rotatable bonds is 2. The molecule has 0 bridgehead atoms. The number of hydrogen-bond acceptors (Lipinski definition) is 2. The Kier molecular flexibility index (Phi) is 1.60. The number of aliphatic carboxylic acids is 1. The van der Waals surface area contributed by atoms with Gasteiger partial charge in [-0.3, -0.25) is 4.79 Å². The molecule has 0 aromatic carbocycles. The highest BCUT2D eigenvalue weighted by atomic mass is 16.4. The van der Waals surface area contributed by atoms with Crippen LogP contribution in [0.25, 0.3) is 0 Å². The number of nitrogens with two attached hydrogens (primary N) is 1. The molecule has 0 saturated heterocycles. The van der Waals surface area contributed by atoms with Crippen LogP contribution in [0.4, 0.5) is 0 Å². The monoisotopic (exact) mass is 90.1 g/mol. The van der Waals surface area contributed by atoms with Gasteiger partial charge >= 0.3 is 5.97 Å². The van der Waals surface area contributed by atoms with Gasteiger partial charge in [0.25, 0.3) is 0 Å². The smallest absolute Gasteiger partial charge is 0.304 e. The van der Waals surface area contributed by atoms with E-state index in [-0.39, 0.29) is 6.42 Å². The van der Waals surface area contributed by atoms with Crippen molar-refractivity contribution in [1.82, 2.24) is 0 Å². The maximum absolute atomic E-state index is 9.61. The first-order valence-electron chi connectivity index (χ1n) is 2.10. The average Bonchev–Trinajstić information content (AvgIpc) is 1.27. The summed E-state index contributed by atoms with van der Waals surface area (Å²) >= 11 is 0. The molecule has 3 nitrogen and oxygen atoms in total. The summed E-state index contributed by atoms with van der Waals surface area (Å²) in [6, 6.07) is 0. The van der Waals surface area contributed by atoms with E-state index in [1.807, 2.05) is 0 Å². The highest BCUT2D eigenvalue weighted by Crippen LogP contribution is 1.67. The molecule has 36 valence electrons. The van der Waals surface area contributed by atoms with Crippen molar-refractivity contribution in [2.45, 2.75) is 6.42 Å². The molecule has 0 saturated carbocycles. The van der Waals surface area contributed by atoms with E-state index in [4.69, 9.17) is 12.2 Å². The molecule has 3 N–H and O–H groups in total. The van der Waals surface area contributed by atoms with Gasteiger partial charge in [0.1, 0.15) is 0 Å². The molecule has 0 aliphatic carbocycles. The Balaban J connectivity index is 3.13. The van der Waals surface area contributed by atoms with E-state index in [9.17, 15) is 4.79 Å². The molecule has 0 aromatic rings. The topological polar surface area (TPSA) is 63.3 Å². The van der Waals surface area contributed by atoms with Gasteiger partial charge in [-0.2, -0.15) is 0 Å². The van der Waals surface area contributed by atoms with Crippen LogP contribution in [0.5, 0.6) is 0 Å². The minimum atomic E-state index is -1.03. The predicted molar refractivity (Wildman–Crippen MR) is 21.3 cm³/mol. The van der Waals surface area contributed by atoms with Gasteiger partial charge in [-0.05, 0) is 0 Å². The summed E-state index contributed by atoms with van der Waals surface area (Å²) in [6.07, 6.45) is -0.278. The molecule has 1 unspecified atom stereocenters. The minimum Gasteiger partial charge on any atom is -0.481 e. The Bertz CT molecular complexity index is 73.3. The Labute approximate surface area is 37.2 Å². The largest absolute Gasteiger partial charge is 0.481 e. The van der Waals surface area contributed by atoms with E-state index < -0.39 is 12.5 Å². The maximum Gasteiger partial charge on any atom is 0.304 e. The summed E-state index contributed by atoms with van der Waals surface area (Å²) < 4.78 is 6.50. The van der Waals surface area contributed by atoms with Gasteiger partial charge in [0.05, 0.1) is 6.42 Å². The van der Waals surface area contributed by atoms with Gasteiger partial charge in [-0.15, -0.1) is 0 Å². The molecule has 0 spiro atoms. The van der Waals surface area contributed by atoms with Crippen LogP contribution in [0.1, 0.15) is 7.79 Å². The Morgan fingerprint density at radius 3 is 2.67 bits per heavy atom. The predicted octanol–water partition coefficient (Wildman–Crippen LogP) is -0.580. The van der Waals surface area contributed by atoms with E-state index in [2.05, 4.69) is 0 Å². The quantitative estimate of drug-likeness (QED) is 0.476. The van der Waals surface area contributed by atoms with Gasteiger partial charge in [0.2, 0.25) is 0 Å². The first kappa shape index (κ1) is 3.61. The lowest BCUT2D eigenvalue weighted by Crippen LogP contribution is -2.05. The number of carboxylic acids is 1. The molecular formula is C3H7NO2. The zero-order valence-corrected chi connectivity index (χ0v) is 3.22. The van der Waals surface area contributed by atoms with Crippen molar-refractivity contribution < 1.29 is 11.3 Å². The van der Waals surface area contributed by atoms with Crippen molar-refractivity contribution in [1.29, 1.82) is 0 Å². The van der Waals surface area contributed by atoms with E-state index in [0.29, 0.717) is 0 Å². The summed E-state index contributed by atoms with van der Waals surface area (Å²) in [6.45, 7) is -0.975. The highest BCUT2D eigenvalue weighted by Gasteiger charge is 1.87. The fraction of sp³-hybridized carbons (Fsp3) is 0.667. The Morgan fingerprint density at radius 1 is 2.17 bits per heavy atom. The van der Waals surface area contributed by atoms with E-state index in [1.165, 1.54) is 0 Å². The van der Waals surface area contributed by atoms with E-state index in [0.717, 1.165) is 0 Å². The van der Waals surface area contributed by atoms with Crippen molar-refractivity contribution in [2.24, 2.45) is 5.73 Å². The Hall–Kier alpha value is -0.570. The van der Waals surface area contributed by atoms with Gasteiger partial charge in [-0.25, -0.2) is 0 Å². The molecule has 0 radical (unpaired) electrons. The van der Waals surface area contributed by atoms with Gasteiger partial charge in [-0.1, -0.05) is 0 Å². The first-order valence-corrected chi connectivity index (χ1v) is 1.52. The third kappa shape index (κ3) is 3.43. The van der Waals surface area contributed by atoms with Gasteiger partial charge < -0.3 is 10.8 Å². The molecule has 0 heterocycles.